The molecule has 8 heteroatoms. The van der Waals surface area contributed by atoms with Crippen molar-refractivity contribution in [3.63, 3.8) is 0 Å². The Hall–Kier alpha value is -3.10. The summed E-state index contributed by atoms with van der Waals surface area (Å²) in [5.41, 5.74) is 18.0. The molecule has 3 aromatic rings. The zero-order valence-corrected chi connectivity index (χ0v) is 17.6. The minimum Gasteiger partial charge on any atom is -0.383 e. The molecule has 1 aliphatic rings. The number of amidine groups is 1. The molecule has 30 heavy (non-hydrogen) atoms. The molecule has 1 aromatic carbocycles. The number of imidazole rings is 1. The SMILES string of the molecule is Cc1nc2ccc(CCCN)cn2c1C1NC(c2ccccc2)=C(C(N)=NC=N)S1. The van der Waals surface area contributed by atoms with Crippen molar-refractivity contribution in [2.45, 2.75) is 25.1 Å². The summed E-state index contributed by atoms with van der Waals surface area (Å²) in [6.45, 7) is 2.70. The van der Waals surface area contributed by atoms with Gasteiger partial charge in [0, 0.05) is 6.20 Å². The molecule has 1 atom stereocenters. The van der Waals surface area contributed by atoms with Gasteiger partial charge in [-0.05, 0) is 43.5 Å². The lowest BCUT2D eigenvalue weighted by Crippen LogP contribution is -2.16. The number of thioether (sulfide) groups is 1. The molecule has 7 nitrogen and oxygen atoms in total. The standard InChI is InChI=1S/C22H25N7S/c1-14-19(29-12-15(6-5-11-23)9-10-17(29)27-14)22-28-18(16-7-3-2-4-8-16)20(30-22)21(25)26-13-24/h2-4,7-10,12-13,22,28H,5-6,11,23H2,1H3,(H3,24,25,26). The Kier molecular flexibility index (Phi) is 5.87. The van der Waals surface area contributed by atoms with Gasteiger partial charge in [0.25, 0.3) is 0 Å². The molecule has 0 bridgehead atoms. The summed E-state index contributed by atoms with van der Waals surface area (Å²) in [6, 6.07) is 14.2. The molecule has 0 saturated heterocycles. The summed E-state index contributed by atoms with van der Waals surface area (Å²) in [5.74, 6) is 0.332. The van der Waals surface area contributed by atoms with Crippen molar-refractivity contribution >= 4 is 35.3 Å². The summed E-state index contributed by atoms with van der Waals surface area (Å²) in [5, 5.41) is 10.9. The van der Waals surface area contributed by atoms with Crippen molar-refractivity contribution in [2.24, 2.45) is 16.5 Å². The Bertz CT molecular complexity index is 1130. The van der Waals surface area contributed by atoms with Crippen LogP contribution in [-0.2, 0) is 6.42 Å². The Morgan fingerprint density at radius 2 is 2.10 bits per heavy atom. The van der Waals surface area contributed by atoms with Crippen LogP contribution in [0.1, 0.15) is 34.3 Å². The van der Waals surface area contributed by atoms with E-state index >= 15 is 0 Å². The van der Waals surface area contributed by atoms with Gasteiger partial charge in [-0.1, -0.05) is 48.2 Å². The van der Waals surface area contributed by atoms with Gasteiger partial charge < -0.3 is 21.2 Å². The van der Waals surface area contributed by atoms with Gasteiger partial charge >= 0.3 is 0 Å². The summed E-state index contributed by atoms with van der Waals surface area (Å²) in [6.07, 6.45) is 5.01. The quantitative estimate of drug-likeness (QED) is 0.346. The highest BCUT2D eigenvalue weighted by molar-refractivity contribution is 8.04. The number of pyridine rings is 1. The lowest BCUT2D eigenvalue weighted by atomic mass is 10.1. The van der Waals surface area contributed by atoms with Crippen LogP contribution in [0.25, 0.3) is 11.3 Å². The number of nitrogens with two attached hydrogens (primary N) is 2. The molecule has 0 saturated carbocycles. The molecule has 4 rings (SSSR count). The number of hydrogen-bond acceptors (Lipinski definition) is 5. The molecule has 3 heterocycles. The molecular weight excluding hydrogens is 394 g/mol. The molecule has 2 aromatic heterocycles. The van der Waals surface area contributed by atoms with E-state index in [4.69, 9.17) is 21.9 Å². The third kappa shape index (κ3) is 3.83. The number of nitrogens with one attached hydrogen (secondary N) is 2. The highest BCUT2D eigenvalue weighted by atomic mass is 32.2. The van der Waals surface area contributed by atoms with Crippen molar-refractivity contribution < 1.29 is 0 Å². The van der Waals surface area contributed by atoms with Crippen molar-refractivity contribution in [2.75, 3.05) is 6.54 Å². The van der Waals surface area contributed by atoms with Crippen LogP contribution in [0.4, 0.5) is 0 Å². The van der Waals surface area contributed by atoms with Crippen molar-refractivity contribution in [1.82, 2.24) is 14.7 Å². The van der Waals surface area contributed by atoms with E-state index in [1.165, 1.54) is 5.56 Å². The number of aryl methyl sites for hydroxylation is 2. The van der Waals surface area contributed by atoms with E-state index in [1.54, 1.807) is 11.8 Å². The van der Waals surface area contributed by atoms with Crippen molar-refractivity contribution in [3.8, 4) is 0 Å². The van der Waals surface area contributed by atoms with Crippen molar-refractivity contribution in [1.29, 1.82) is 5.41 Å². The van der Waals surface area contributed by atoms with Crippen LogP contribution in [0.5, 0.6) is 0 Å². The Labute approximate surface area is 179 Å². The molecule has 6 N–H and O–H groups in total. The van der Waals surface area contributed by atoms with E-state index in [1.807, 2.05) is 37.3 Å². The maximum atomic E-state index is 7.31. The Balaban J connectivity index is 1.75. The summed E-state index contributed by atoms with van der Waals surface area (Å²) >= 11 is 1.60. The third-order valence-electron chi connectivity index (χ3n) is 5.06. The van der Waals surface area contributed by atoms with E-state index in [-0.39, 0.29) is 5.37 Å². The number of benzene rings is 1. The molecule has 154 valence electrons. The highest BCUT2D eigenvalue weighted by Crippen LogP contribution is 2.44. The van der Waals surface area contributed by atoms with Crippen LogP contribution in [0.2, 0.25) is 0 Å². The third-order valence-corrected chi connectivity index (χ3v) is 6.28. The predicted molar refractivity (Wildman–Crippen MR) is 125 cm³/mol. The van der Waals surface area contributed by atoms with Gasteiger partial charge in [-0.15, -0.1) is 0 Å². The zero-order valence-electron chi connectivity index (χ0n) is 16.8. The van der Waals surface area contributed by atoms with Crippen LogP contribution >= 0.6 is 11.8 Å². The van der Waals surface area contributed by atoms with Gasteiger partial charge in [0.05, 0.1) is 22.0 Å². The Morgan fingerprint density at radius 1 is 1.30 bits per heavy atom. The van der Waals surface area contributed by atoms with Crippen LogP contribution in [0.15, 0.2) is 58.6 Å². The monoisotopic (exact) mass is 419 g/mol. The molecule has 0 spiro atoms. The average Bonchev–Trinajstić information content (AvgIpc) is 3.33. The van der Waals surface area contributed by atoms with E-state index in [0.29, 0.717) is 12.4 Å². The maximum Gasteiger partial charge on any atom is 0.141 e. The summed E-state index contributed by atoms with van der Waals surface area (Å²) in [4.78, 5) is 9.60. The number of aromatic nitrogens is 2. The number of hydrogen-bond donors (Lipinski definition) is 4. The van der Waals surface area contributed by atoms with Gasteiger partial charge in [-0.25, -0.2) is 9.98 Å². The fourth-order valence-corrected chi connectivity index (χ4v) is 4.93. The first-order valence-corrected chi connectivity index (χ1v) is 10.7. The Morgan fingerprint density at radius 3 is 2.83 bits per heavy atom. The molecule has 0 amide bonds. The van der Waals surface area contributed by atoms with E-state index in [2.05, 4.69) is 33.0 Å². The van der Waals surface area contributed by atoms with E-state index < -0.39 is 0 Å². The largest absolute Gasteiger partial charge is 0.383 e. The van der Waals surface area contributed by atoms with Gasteiger partial charge in [-0.2, -0.15) is 0 Å². The van der Waals surface area contributed by atoms with E-state index in [0.717, 1.165) is 52.4 Å². The molecule has 1 aliphatic heterocycles. The normalized spacial score (nSPS) is 16.9. The van der Waals surface area contributed by atoms with E-state index in [9.17, 15) is 0 Å². The maximum absolute atomic E-state index is 7.31. The van der Waals surface area contributed by atoms with Gasteiger partial charge in [0.15, 0.2) is 0 Å². The first-order chi connectivity index (χ1) is 14.6. The summed E-state index contributed by atoms with van der Waals surface area (Å²) < 4.78 is 2.15. The number of fused-ring (bicyclic) bond motifs is 1. The van der Waals surface area contributed by atoms with Crippen LogP contribution in [0, 0.1) is 12.3 Å². The van der Waals surface area contributed by atoms with Crippen LogP contribution in [0.3, 0.4) is 0 Å². The average molecular weight is 420 g/mol. The lowest BCUT2D eigenvalue weighted by molar-refractivity contribution is 0.803. The molecule has 1 unspecified atom stereocenters. The summed E-state index contributed by atoms with van der Waals surface area (Å²) in [7, 11) is 0. The molecule has 0 radical (unpaired) electrons. The molecule has 0 aliphatic carbocycles. The number of rotatable bonds is 7. The fourth-order valence-electron chi connectivity index (χ4n) is 3.66. The molecule has 0 fully saturated rings. The van der Waals surface area contributed by atoms with Crippen molar-refractivity contribution in [3.05, 3.63) is 76.1 Å². The fraction of sp³-hybridized carbons (Fsp3) is 0.227. The second-order valence-corrected chi connectivity index (χ2v) is 8.21. The first-order valence-electron chi connectivity index (χ1n) is 9.85. The zero-order chi connectivity index (χ0) is 21.1. The van der Waals surface area contributed by atoms with Gasteiger partial charge in [0.2, 0.25) is 0 Å². The second kappa shape index (κ2) is 8.73. The van der Waals surface area contributed by atoms with Crippen LogP contribution < -0.4 is 16.8 Å². The lowest BCUT2D eigenvalue weighted by Gasteiger charge is -2.14. The smallest absolute Gasteiger partial charge is 0.141 e. The van der Waals surface area contributed by atoms with Crippen LogP contribution in [-0.4, -0.2) is 28.1 Å². The minimum atomic E-state index is -0.0746. The van der Waals surface area contributed by atoms with Gasteiger partial charge in [0.1, 0.15) is 23.2 Å². The number of aliphatic imine (C=N–C) groups is 1. The van der Waals surface area contributed by atoms with Gasteiger partial charge in [-0.3, -0.25) is 5.41 Å². The minimum absolute atomic E-state index is 0.0746. The number of nitrogens with zero attached hydrogens (tertiary/aromatic N) is 3. The molecular formula is C22H25N7S. The highest BCUT2D eigenvalue weighted by Gasteiger charge is 2.31. The first kappa shape index (κ1) is 20.2. The second-order valence-electron chi connectivity index (χ2n) is 7.10. The predicted octanol–water partition coefficient (Wildman–Crippen LogP) is 3.20. The topological polar surface area (TPSA) is 118 Å².